The van der Waals surface area contributed by atoms with Crippen molar-refractivity contribution in [3.8, 4) is 0 Å². The molecule has 0 spiro atoms. The van der Waals surface area contributed by atoms with E-state index in [0.29, 0.717) is 12.1 Å². The van der Waals surface area contributed by atoms with Crippen LogP contribution in [0.1, 0.15) is 31.6 Å². The van der Waals surface area contributed by atoms with Crippen LogP contribution in [0, 0.1) is 0 Å². The lowest BCUT2D eigenvalue weighted by molar-refractivity contribution is 0.176. The number of hydrogen-bond acceptors (Lipinski definition) is 3. The van der Waals surface area contributed by atoms with E-state index in [2.05, 4.69) is 11.8 Å². The van der Waals surface area contributed by atoms with E-state index in [9.17, 15) is 0 Å². The van der Waals surface area contributed by atoms with Crippen molar-refractivity contribution in [1.82, 2.24) is 4.90 Å². The van der Waals surface area contributed by atoms with Gasteiger partial charge in [0.2, 0.25) is 0 Å². The van der Waals surface area contributed by atoms with E-state index >= 15 is 0 Å². The maximum absolute atomic E-state index is 5.74. The molecule has 1 fully saturated rings. The number of nitrogens with two attached hydrogens (primary N) is 1. The molecule has 14 heavy (non-hydrogen) atoms. The third-order valence-electron chi connectivity index (χ3n) is 3.15. The second-order valence-electron chi connectivity index (χ2n) is 3.96. The Labute approximate surface area is 84.9 Å². The quantitative estimate of drug-likeness (QED) is 0.797. The molecule has 0 unspecified atom stereocenters. The van der Waals surface area contributed by atoms with Gasteiger partial charge in [-0.15, -0.1) is 0 Å². The lowest BCUT2D eigenvalue weighted by atomic mass is 10.1. The zero-order valence-electron chi connectivity index (χ0n) is 8.65. The molecule has 2 N–H and O–H groups in total. The molecule has 1 saturated heterocycles. The highest BCUT2D eigenvalue weighted by Gasteiger charge is 2.29. The van der Waals surface area contributed by atoms with Crippen molar-refractivity contribution in [1.29, 1.82) is 0 Å². The lowest BCUT2D eigenvalue weighted by Gasteiger charge is -2.28. The van der Waals surface area contributed by atoms with Crippen molar-refractivity contribution in [2.45, 2.75) is 31.8 Å². The van der Waals surface area contributed by atoms with Crippen LogP contribution in [0.5, 0.6) is 0 Å². The number of furan rings is 1. The normalized spacial score (nSPS) is 25.4. The molecule has 1 aromatic heterocycles. The largest absolute Gasteiger partial charge is 0.468 e. The molecule has 3 nitrogen and oxygen atoms in total. The summed E-state index contributed by atoms with van der Waals surface area (Å²) in [7, 11) is 0. The Bertz CT molecular complexity index is 271. The SMILES string of the molecule is C[C@H](c1ccco1)N1CCC[C@H]1CN. The first-order chi connectivity index (χ1) is 6.83. The molecule has 0 saturated carbocycles. The number of likely N-dealkylation sites (tertiary alicyclic amines) is 1. The van der Waals surface area contributed by atoms with Crippen LogP contribution in [0.15, 0.2) is 22.8 Å². The fourth-order valence-electron chi connectivity index (χ4n) is 2.31. The predicted octanol–water partition coefficient (Wildman–Crippen LogP) is 1.76. The van der Waals surface area contributed by atoms with Crippen molar-refractivity contribution < 1.29 is 4.42 Å². The Hall–Kier alpha value is -0.800. The van der Waals surface area contributed by atoms with Crippen molar-refractivity contribution in [2.24, 2.45) is 5.73 Å². The van der Waals surface area contributed by atoms with Crippen LogP contribution in [-0.4, -0.2) is 24.0 Å². The van der Waals surface area contributed by atoms with Crippen molar-refractivity contribution in [3.05, 3.63) is 24.2 Å². The third-order valence-corrected chi connectivity index (χ3v) is 3.15. The van der Waals surface area contributed by atoms with Gasteiger partial charge < -0.3 is 10.2 Å². The molecule has 2 heterocycles. The van der Waals surface area contributed by atoms with E-state index in [1.807, 2.05) is 12.1 Å². The molecular weight excluding hydrogens is 176 g/mol. The topological polar surface area (TPSA) is 42.4 Å². The fourth-order valence-corrected chi connectivity index (χ4v) is 2.31. The highest BCUT2D eigenvalue weighted by atomic mass is 16.3. The Kier molecular flexibility index (Phi) is 2.89. The third kappa shape index (κ3) is 1.70. The molecule has 2 atom stereocenters. The summed E-state index contributed by atoms with van der Waals surface area (Å²) in [6.07, 6.45) is 4.22. The zero-order valence-corrected chi connectivity index (χ0v) is 8.65. The summed E-state index contributed by atoms with van der Waals surface area (Å²) < 4.78 is 5.42. The molecular formula is C11H18N2O. The Balaban J connectivity index is 2.07. The maximum Gasteiger partial charge on any atom is 0.120 e. The van der Waals surface area contributed by atoms with Crippen LogP contribution in [0.4, 0.5) is 0 Å². The van der Waals surface area contributed by atoms with E-state index in [4.69, 9.17) is 10.2 Å². The van der Waals surface area contributed by atoms with Crippen molar-refractivity contribution >= 4 is 0 Å². The minimum absolute atomic E-state index is 0.362. The van der Waals surface area contributed by atoms with Crippen molar-refractivity contribution in [2.75, 3.05) is 13.1 Å². The van der Waals surface area contributed by atoms with Gasteiger partial charge in [0.05, 0.1) is 12.3 Å². The Morgan fingerprint density at radius 3 is 3.21 bits per heavy atom. The van der Waals surface area contributed by atoms with Gasteiger partial charge in [-0.3, -0.25) is 4.90 Å². The Morgan fingerprint density at radius 2 is 2.57 bits per heavy atom. The average Bonchev–Trinajstić information content (AvgIpc) is 2.87. The summed E-state index contributed by atoms with van der Waals surface area (Å²) in [5.74, 6) is 1.05. The van der Waals surface area contributed by atoms with Gasteiger partial charge in [0.1, 0.15) is 5.76 Å². The van der Waals surface area contributed by atoms with E-state index in [1.54, 1.807) is 6.26 Å². The fraction of sp³-hybridized carbons (Fsp3) is 0.636. The smallest absolute Gasteiger partial charge is 0.120 e. The summed E-state index contributed by atoms with van der Waals surface area (Å²) in [5.41, 5.74) is 5.74. The molecule has 0 bridgehead atoms. The minimum atomic E-state index is 0.362. The van der Waals surface area contributed by atoms with Gasteiger partial charge >= 0.3 is 0 Å². The van der Waals surface area contributed by atoms with Gasteiger partial charge in [0, 0.05) is 12.6 Å². The van der Waals surface area contributed by atoms with Crippen LogP contribution in [-0.2, 0) is 0 Å². The molecule has 1 aliphatic heterocycles. The van der Waals surface area contributed by atoms with Gasteiger partial charge in [-0.05, 0) is 38.4 Å². The van der Waals surface area contributed by atoms with E-state index in [1.165, 1.54) is 12.8 Å². The van der Waals surface area contributed by atoms with Gasteiger partial charge in [0.15, 0.2) is 0 Å². The van der Waals surface area contributed by atoms with Crippen LogP contribution in [0.25, 0.3) is 0 Å². The summed E-state index contributed by atoms with van der Waals surface area (Å²) >= 11 is 0. The number of hydrogen-bond donors (Lipinski definition) is 1. The van der Waals surface area contributed by atoms with Gasteiger partial charge in [-0.25, -0.2) is 0 Å². The molecule has 78 valence electrons. The van der Waals surface area contributed by atoms with Crippen LogP contribution >= 0.6 is 0 Å². The minimum Gasteiger partial charge on any atom is -0.468 e. The first-order valence-electron chi connectivity index (χ1n) is 5.32. The van der Waals surface area contributed by atoms with Crippen molar-refractivity contribution in [3.63, 3.8) is 0 Å². The standard InChI is InChI=1S/C11H18N2O/c1-9(11-5-3-7-14-11)13-6-2-4-10(13)8-12/h3,5,7,9-10H,2,4,6,8,12H2,1H3/t9-,10+/m1/s1. The maximum atomic E-state index is 5.74. The van der Waals surface area contributed by atoms with E-state index < -0.39 is 0 Å². The second kappa shape index (κ2) is 4.15. The Morgan fingerprint density at radius 1 is 1.71 bits per heavy atom. The molecule has 1 aliphatic rings. The average molecular weight is 194 g/mol. The van der Waals surface area contributed by atoms with Crippen LogP contribution in [0.3, 0.4) is 0 Å². The van der Waals surface area contributed by atoms with E-state index in [0.717, 1.165) is 18.8 Å². The zero-order chi connectivity index (χ0) is 9.97. The molecule has 3 heteroatoms. The van der Waals surface area contributed by atoms with Gasteiger partial charge in [-0.2, -0.15) is 0 Å². The second-order valence-corrected chi connectivity index (χ2v) is 3.96. The molecule has 2 rings (SSSR count). The highest BCUT2D eigenvalue weighted by Crippen LogP contribution is 2.28. The van der Waals surface area contributed by atoms with Crippen LogP contribution in [0.2, 0.25) is 0 Å². The highest BCUT2D eigenvalue weighted by molar-refractivity contribution is 5.05. The van der Waals surface area contributed by atoms with Crippen LogP contribution < -0.4 is 5.73 Å². The molecule has 0 radical (unpaired) electrons. The number of rotatable bonds is 3. The lowest BCUT2D eigenvalue weighted by Crippen LogP contribution is -2.37. The van der Waals surface area contributed by atoms with Gasteiger partial charge in [-0.1, -0.05) is 0 Å². The summed E-state index contributed by atoms with van der Waals surface area (Å²) in [6.45, 7) is 4.08. The predicted molar refractivity (Wildman–Crippen MR) is 55.9 cm³/mol. The summed E-state index contributed by atoms with van der Waals surface area (Å²) in [4.78, 5) is 2.44. The number of nitrogens with zero attached hydrogens (tertiary/aromatic N) is 1. The molecule has 0 aliphatic carbocycles. The summed E-state index contributed by atoms with van der Waals surface area (Å²) in [6, 6.07) is 4.88. The summed E-state index contributed by atoms with van der Waals surface area (Å²) in [5, 5.41) is 0. The first-order valence-corrected chi connectivity index (χ1v) is 5.32. The monoisotopic (exact) mass is 194 g/mol. The molecule has 1 aromatic rings. The van der Waals surface area contributed by atoms with Gasteiger partial charge in [0.25, 0.3) is 0 Å². The van der Waals surface area contributed by atoms with E-state index in [-0.39, 0.29) is 0 Å². The first kappa shape index (κ1) is 9.74. The molecule has 0 amide bonds. The molecule has 0 aromatic carbocycles.